The van der Waals surface area contributed by atoms with Crippen LogP contribution < -0.4 is 10.0 Å². The number of rotatable bonds is 6. The van der Waals surface area contributed by atoms with E-state index < -0.39 is 10.0 Å². The summed E-state index contributed by atoms with van der Waals surface area (Å²) >= 11 is 0. The zero-order valence-corrected chi connectivity index (χ0v) is 14.6. The Hall–Kier alpha value is -1.40. The highest BCUT2D eigenvalue weighted by molar-refractivity contribution is 7.88. The minimum Gasteiger partial charge on any atom is -0.349 e. The maximum atomic E-state index is 12.4. The van der Waals surface area contributed by atoms with Crippen LogP contribution in [0.15, 0.2) is 30.3 Å². The Kier molecular flexibility index (Phi) is 6.18. The van der Waals surface area contributed by atoms with Gasteiger partial charge in [0, 0.05) is 12.5 Å². The van der Waals surface area contributed by atoms with Gasteiger partial charge in [-0.1, -0.05) is 30.3 Å². The topological polar surface area (TPSA) is 75.3 Å². The number of amides is 1. The maximum Gasteiger partial charge on any atom is 0.223 e. The molecule has 1 unspecified atom stereocenters. The van der Waals surface area contributed by atoms with Gasteiger partial charge in [-0.15, -0.1) is 0 Å². The van der Waals surface area contributed by atoms with Crippen molar-refractivity contribution in [3.63, 3.8) is 0 Å². The molecule has 1 saturated carbocycles. The summed E-state index contributed by atoms with van der Waals surface area (Å²) in [6, 6.07) is 9.94. The summed E-state index contributed by atoms with van der Waals surface area (Å²) in [4.78, 5) is 12.4. The predicted molar refractivity (Wildman–Crippen MR) is 91.3 cm³/mol. The molecule has 1 fully saturated rings. The molecule has 1 amide bonds. The van der Waals surface area contributed by atoms with Crippen molar-refractivity contribution in [1.82, 2.24) is 10.0 Å². The summed E-state index contributed by atoms with van der Waals surface area (Å²) in [5.74, 6) is 0.479. The number of hydrogen-bond acceptors (Lipinski definition) is 3. The monoisotopic (exact) mass is 338 g/mol. The molecule has 1 aliphatic carbocycles. The molecule has 1 atom stereocenters. The van der Waals surface area contributed by atoms with Crippen LogP contribution in [-0.4, -0.2) is 27.1 Å². The van der Waals surface area contributed by atoms with E-state index in [1.165, 1.54) is 6.26 Å². The van der Waals surface area contributed by atoms with Gasteiger partial charge in [0.2, 0.25) is 15.9 Å². The quantitative estimate of drug-likeness (QED) is 0.835. The molecule has 0 heterocycles. The van der Waals surface area contributed by atoms with E-state index in [0.29, 0.717) is 12.5 Å². The molecule has 0 saturated heterocycles. The zero-order chi connectivity index (χ0) is 16.9. The predicted octanol–water partition coefficient (Wildman–Crippen LogP) is 2.22. The molecule has 1 aromatic rings. The summed E-state index contributed by atoms with van der Waals surface area (Å²) in [6.45, 7) is 2.47. The van der Waals surface area contributed by atoms with Gasteiger partial charge in [-0.2, -0.15) is 0 Å². The lowest BCUT2D eigenvalue weighted by Crippen LogP contribution is -2.36. The first-order valence-corrected chi connectivity index (χ1v) is 10.0. The van der Waals surface area contributed by atoms with Gasteiger partial charge >= 0.3 is 0 Å². The highest BCUT2D eigenvalue weighted by atomic mass is 32.2. The lowest BCUT2D eigenvalue weighted by atomic mass is 9.81. The SMILES string of the molecule is CC(NC(=O)C1CCC(CNS(C)(=O)=O)CC1)c1ccccc1. The van der Waals surface area contributed by atoms with E-state index in [1.54, 1.807) is 0 Å². The largest absolute Gasteiger partial charge is 0.349 e. The van der Waals surface area contributed by atoms with Gasteiger partial charge < -0.3 is 5.32 Å². The van der Waals surface area contributed by atoms with Crippen molar-refractivity contribution in [2.45, 2.75) is 38.6 Å². The molecular formula is C17H26N2O3S. The average molecular weight is 338 g/mol. The van der Waals surface area contributed by atoms with Crippen LogP contribution in [0.1, 0.15) is 44.2 Å². The fourth-order valence-corrected chi connectivity index (χ4v) is 3.59. The minimum absolute atomic E-state index is 0.00771. The second kappa shape index (κ2) is 7.93. The van der Waals surface area contributed by atoms with E-state index in [-0.39, 0.29) is 17.9 Å². The van der Waals surface area contributed by atoms with Crippen LogP contribution in [0, 0.1) is 11.8 Å². The average Bonchev–Trinajstić information content (AvgIpc) is 2.53. The first-order chi connectivity index (χ1) is 10.8. The molecule has 0 aromatic heterocycles. The zero-order valence-electron chi connectivity index (χ0n) is 13.8. The third-order valence-electron chi connectivity index (χ3n) is 4.51. The third kappa shape index (κ3) is 5.95. The van der Waals surface area contributed by atoms with Gasteiger partial charge in [0.05, 0.1) is 12.3 Å². The van der Waals surface area contributed by atoms with Gasteiger partial charge in [-0.3, -0.25) is 4.79 Å². The van der Waals surface area contributed by atoms with Crippen molar-refractivity contribution < 1.29 is 13.2 Å². The summed E-state index contributed by atoms with van der Waals surface area (Å²) < 4.78 is 24.8. The molecule has 0 aliphatic heterocycles. The summed E-state index contributed by atoms with van der Waals surface area (Å²) in [5.41, 5.74) is 1.10. The van der Waals surface area contributed by atoms with Gasteiger partial charge in [-0.05, 0) is 44.1 Å². The van der Waals surface area contributed by atoms with E-state index in [1.807, 2.05) is 37.3 Å². The second-order valence-corrected chi connectivity index (χ2v) is 8.31. The molecule has 2 N–H and O–H groups in total. The second-order valence-electron chi connectivity index (χ2n) is 6.48. The van der Waals surface area contributed by atoms with Crippen molar-refractivity contribution in [3.8, 4) is 0 Å². The lowest BCUT2D eigenvalue weighted by molar-refractivity contribution is -0.126. The van der Waals surface area contributed by atoms with Crippen LogP contribution in [0.5, 0.6) is 0 Å². The summed E-state index contributed by atoms with van der Waals surface area (Å²) in [6.07, 6.45) is 4.60. The third-order valence-corrected chi connectivity index (χ3v) is 5.20. The molecule has 5 nitrogen and oxygen atoms in total. The first kappa shape index (κ1) is 17.9. The highest BCUT2D eigenvalue weighted by Crippen LogP contribution is 2.29. The highest BCUT2D eigenvalue weighted by Gasteiger charge is 2.27. The molecule has 128 valence electrons. The van der Waals surface area contributed by atoms with Gasteiger partial charge in [0.15, 0.2) is 0 Å². The Balaban J connectivity index is 1.77. The number of nitrogens with one attached hydrogen (secondary N) is 2. The van der Waals surface area contributed by atoms with E-state index in [2.05, 4.69) is 10.0 Å². The fourth-order valence-electron chi connectivity index (χ4n) is 3.05. The van der Waals surface area contributed by atoms with Crippen LogP contribution in [0.4, 0.5) is 0 Å². The molecule has 1 aliphatic rings. The normalized spacial score (nSPS) is 23.2. The Morgan fingerprint density at radius 1 is 1.17 bits per heavy atom. The molecule has 0 spiro atoms. The lowest BCUT2D eigenvalue weighted by Gasteiger charge is -2.28. The van der Waals surface area contributed by atoms with Crippen LogP contribution >= 0.6 is 0 Å². The van der Waals surface area contributed by atoms with Gasteiger partial charge in [0.1, 0.15) is 0 Å². The Labute approximate surface area is 138 Å². The fraction of sp³-hybridized carbons (Fsp3) is 0.588. The first-order valence-electron chi connectivity index (χ1n) is 8.15. The van der Waals surface area contributed by atoms with E-state index in [0.717, 1.165) is 31.2 Å². The maximum absolute atomic E-state index is 12.4. The van der Waals surface area contributed by atoms with E-state index >= 15 is 0 Å². The van der Waals surface area contributed by atoms with Crippen molar-refractivity contribution in [3.05, 3.63) is 35.9 Å². The summed E-state index contributed by atoms with van der Waals surface area (Å²) in [7, 11) is -3.13. The Morgan fingerprint density at radius 2 is 1.78 bits per heavy atom. The van der Waals surface area contributed by atoms with Crippen molar-refractivity contribution in [2.24, 2.45) is 11.8 Å². The van der Waals surface area contributed by atoms with Crippen molar-refractivity contribution in [2.75, 3.05) is 12.8 Å². The number of benzene rings is 1. The van der Waals surface area contributed by atoms with Crippen LogP contribution in [0.2, 0.25) is 0 Å². The summed E-state index contributed by atoms with van der Waals surface area (Å²) in [5, 5.41) is 3.09. The number of sulfonamides is 1. The van der Waals surface area contributed by atoms with Crippen LogP contribution in [0.3, 0.4) is 0 Å². The molecule has 2 rings (SSSR count). The van der Waals surface area contributed by atoms with Crippen LogP contribution in [-0.2, 0) is 14.8 Å². The van der Waals surface area contributed by atoms with Gasteiger partial charge in [-0.25, -0.2) is 13.1 Å². The van der Waals surface area contributed by atoms with Crippen molar-refractivity contribution >= 4 is 15.9 Å². The Morgan fingerprint density at radius 3 is 2.35 bits per heavy atom. The molecule has 0 bridgehead atoms. The molecular weight excluding hydrogens is 312 g/mol. The van der Waals surface area contributed by atoms with Gasteiger partial charge in [0.25, 0.3) is 0 Å². The molecule has 23 heavy (non-hydrogen) atoms. The van der Waals surface area contributed by atoms with E-state index in [9.17, 15) is 13.2 Å². The standard InChI is InChI=1S/C17H26N2O3S/c1-13(15-6-4-3-5-7-15)19-17(20)16-10-8-14(9-11-16)12-18-23(2,21)22/h3-7,13-14,16,18H,8-12H2,1-2H3,(H,19,20). The molecule has 1 aromatic carbocycles. The number of carbonyl (C=O) groups excluding carboxylic acids is 1. The number of hydrogen-bond donors (Lipinski definition) is 2. The molecule has 0 radical (unpaired) electrons. The smallest absolute Gasteiger partial charge is 0.223 e. The Bertz CT molecular complexity index is 608. The van der Waals surface area contributed by atoms with E-state index in [4.69, 9.17) is 0 Å². The van der Waals surface area contributed by atoms with Crippen molar-refractivity contribution in [1.29, 1.82) is 0 Å². The number of carbonyl (C=O) groups is 1. The minimum atomic E-state index is -3.13. The molecule has 6 heteroatoms. The van der Waals surface area contributed by atoms with Crippen LogP contribution in [0.25, 0.3) is 0 Å².